The van der Waals surface area contributed by atoms with Crippen LogP contribution in [0.3, 0.4) is 0 Å². The summed E-state index contributed by atoms with van der Waals surface area (Å²) >= 11 is 0. The maximum absolute atomic E-state index is 14.4. The van der Waals surface area contributed by atoms with E-state index < -0.39 is 0 Å². The van der Waals surface area contributed by atoms with Gasteiger partial charge in [-0.15, -0.1) is 0 Å². The van der Waals surface area contributed by atoms with E-state index in [1.807, 2.05) is 23.1 Å². The van der Waals surface area contributed by atoms with E-state index in [1.165, 1.54) is 30.9 Å². The maximum Gasteiger partial charge on any atom is 0.253 e. The fourth-order valence-electron chi connectivity index (χ4n) is 6.79. The van der Waals surface area contributed by atoms with Crippen LogP contribution in [0, 0.1) is 5.82 Å². The van der Waals surface area contributed by atoms with Gasteiger partial charge in [-0.05, 0) is 61.6 Å². The van der Waals surface area contributed by atoms with Crippen molar-refractivity contribution in [1.29, 1.82) is 0 Å². The molecular weight excluding hydrogens is 507 g/mol. The largest absolute Gasteiger partial charge is 0.490 e. The third-order valence-corrected chi connectivity index (χ3v) is 9.07. The van der Waals surface area contributed by atoms with E-state index in [1.54, 1.807) is 6.07 Å². The number of ether oxygens (including phenoxy) is 2. The molecule has 3 N–H and O–H groups in total. The second kappa shape index (κ2) is 12.8. The van der Waals surface area contributed by atoms with Crippen LogP contribution in [0.4, 0.5) is 10.1 Å². The Kier molecular flexibility index (Phi) is 8.73. The molecule has 1 saturated carbocycles. The number of hydrogen-bond acceptors (Lipinski definition) is 5. The van der Waals surface area contributed by atoms with Gasteiger partial charge in [-0.1, -0.05) is 19.3 Å². The smallest absolute Gasteiger partial charge is 0.253 e. The molecule has 4 fully saturated rings. The molecule has 2 aromatic carbocycles. The maximum atomic E-state index is 14.4. The summed E-state index contributed by atoms with van der Waals surface area (Å²) in [7, 11) is 0. The number of likely N-dealkylation sites (tertiary alicyclic amines) is 1. The fourth-order valence-corrected chi connectivity index (χ4v) is 6.79. The van der Waals surface area contributed by atoms with Crippen molar-refractivity contribution in [3.63, 3.8) is 0 Å². The number of piperidine rings is 1. The van der Waals surface area contributed by atoms with E-state index in [0.29, 0.717) is 24.8 Å². The van der Waals surface area contributed by atoms with E-state index in [4.69, 9.17) is 9.47 Å². The molecule has 3 aliphatic heterocycles. The molecule has 1 aliphatic carbocycles. The first-order chi connectivity index (χ1) is 19.6. The van der Waals surface area contributed by atoms with Crippen molar-refractivity contribution in [2.45, 2.75) is 69.5 Å². The lowest BCUT2D eigenvalue weighted by Crippen LogP contribution is -2.89. The van der Waals surface area contributed by atoms with E-state index in [0.717, 1.165) is 88.4 Å². The van der Waals surface area contributed by atoms with E-state index in [9.17, 15) is 9.18 Å². The number of hydrogen-bond donors (Lipinski definition) is 2. The van der Waals surface area contributed by atoms with Crippen LogP contribution in [0.1, 0.15) is 73.2 Å². The van der Waals surface area contributed by atoms with Crippen LogP contribution >= 0.6 is 0 Å². The van der Waals surface area contributed by atoms with Gasteiger partial charge in [-0.3, -0.25) is 4.79 Å². The Morgan fingerprint density at radius 1 is 0.875 bits per heavy atom. The van der Waals surface area contributed by atoms with Crippen molar-refractivity contribution in [3.8, 4) is 11.5 Å². The van der Waals surface area contributed by atoms with Crippen LogP contribution in [0.2, 0.25) is 0 Å². The van der Waals surface area contributed by atoms with Gasteiger partial charge in [0.2, 0.25) is 0 Å². The molecule has 3 heterocycles. The first kappa shape index (κ1) is 27.3. The first-order valence-electron chi connectivity index (χ1n) is 15.5. The number of rotatable bonds is 7. The molecule has 0 radical (unpaired) electrons. The van der Waals surface area contributed by atoms with Crippen LogP contribution in [-0.4, -0.2) is 75.4 Å². The lowest BCUT2D eigenvalue weighted by Gasteiger charge is -2.33. The number of carbonyl (C=O) groups is 1. The van der Waals surface area contributed by atoms with E-state index >= 15 is 0 Å². The zero-order valence-electron chi connectivity index (χ0n) is 23.6. The van der Waals surface area contributed by atoms with Crippen LogP contribution in [-0.2, 0) is 0 Å². The number of nitrogens with two attached hydrogens (primary N) is 1. The molecule has 40 heavy (non-hydrogen) atoms. The van der Waals surface area contributed by atoms with Crippen molar-refractivity contribution >= 4 is 11.6 Å². The summed E-state index contributed by atoms with van der Waals surface area (Å²) in [6.07, 6.45) is 8.78. The lowest BCUT2D eigenvalue weighted by molar-refractivity contribution is -0.655. The van der Waals surface area contributed by atoms with Crippen LogP contribution < -0.4 is 25.0 Å². The van der Waals surface area contributed by atoms with Gasteiger partial charge in [0.1, 0.15) is 29.5 Å². The molecule has 0 spiro atoms. The molecule has 7 nitrogen and oxygen atoms in total. The average molecular weight is 552 g/mol. The van der Waals surface area contributed by atoms with Crippen molar-refractivity contribution < 1.29 is 24.0 Å². The summed E-state index contributed by atoms with van der Waals surface area (Å²) in [5, 5.41) is 5.67. The van der Waals surface area contributed by atoms with Crippen LogP contribution in [0.25, 0.3) is 0 Å². The molecule has 1 amide bonds. The number of nitrogens with one attached hydrogen (secondary N) is 1. The van der Waals surface area contributed by atoms with Crippen LogP contribution in [0.5, 0.6) is 11.5 Å². The van der Waals surface area contributed by atoms with E-state index in [2.05, 4.69) is 21.6 Å². The Hall–Kier alpha value is -2.84. The third-order valence-electron chi connectivity index (χ3n) is 9.07. The minimum atomic E-state index is -0.264. The highest BCUT2D eigenvalue weighted by Crippen LogP contribution is 2.39. The van der Waals surface area contributed by atoms with Gasteiger partial charge in [0.25, 0.3) is 5.91 Å². The summed E-state index contributed by atoms with van der Waals surface area (Å²) in [5.74, 6) is 1.82. The Bertz CT molecular complexity index is 1150. The minimum absolute atomic E-state index is 0.0259. The lowest BCUT2D eigenvalue weighted by atomic mass is 9.83. The Morgan fingerprint density at radius 3 is 2.42 bits per heavy atom. The van der Waals surface area contributed by atoms with Gasteiger partial charge < -0.3 is 29.9 Å². The van der Waals surface area contributed by atoms with Gasteiger partial charge in [0.05, 0.1) is 26.2 Å². The van der Waals surface area contributed by atoms with E-state index in [-0.39, 0.29) is 23.9 Å². The molecule has 8 heteroatoms. The zero-order chi connectivity index (χ0) is 27.3. The standard InChI is InChI=1S/C32H43FN4O3/c33-25-19-26(36-16-12-34-13-17-36)21-29(20-25)39-27-9-14-37(15-10-27)32(38)24-6-7-31(40-28-8-11-35-22-28)30(18-24)23-4-2-1-3-5-23/h6-7,18-21,23,27-28,34-35H,1-5,8-17,22H2/p+1/t28-/m0/s1. The predicted molar refractivity (Wildman–Crippen MR) is 154 cm³/mol. The summed E-state index contributed by atoms with van der Waals surface area (Å²) in [6.45, 7) is 7.03. The Labute approximate surface area is 237 Å². The van der Waals surface area contributed by atoms with Gasteiger partial charge in [0.15, 0.2) is 0 Å². The second-order valence-electron chi connectivity index (χ2n) is 11.9. The molecule has 216 valence electrons. The minimum Gasteiger partial charge on any atom is -0.490 e. The number of benzene rings is 2. The molecule has 0 unspecified atom stereocenters. The zero-order valence-corrected chi connectivity index (χ0v) is 23.6. The molecular formula is C32H44FN4O3+. The van der Waals surface area contributed by atoms with Crippen LogP contribution in [0.15, 0.2) is 36.4 Å². The van der Waals surface area contributed by atoms with Crippen molar-refractivity contribution in [2.24, 2.45) is 0 Å². The first-order valence-corrected chi connectivity index (χ1v) is 15.5. The SMILES string of the molecule is O=C(c1ccc(O[C@H]2CCNC2)c(C2CCCCC2)c1)N1CCC(Oc2cc(F)cc(N3CC[NH2+]CC3)c2)CC1. The quantitative estimate of drug-likeness (QED) is 0.550. The Morgan fingerprint density at radius 2 is 1.68 bits per heavy atom. The second-order valence-corrected chi connectivity index (χ2v) is 11.9. The number of anilines is 1. The van der Waals surface area contributed by atoms with Crippen molar-refractivity contribution in [3.05, 3.63) is 53.3 Å². The highest BCUT2D eigenvalue weighted by atomic mass is 19.1. The molecule has 2 aromatic rings. The molecule has 3 saturated heterocycles. The summed E-state index contributed by atoms with van der Waals surface area (Å²) in [5.41, 5.74) is 2.86. The Balaban J connectivity index is 1.09. The number of nitrogens with zero attached hydrogens (tertiary/aromatic N) is 2. The van der Waals surface area contributed by atoms with Gasteiger partial charge >= 0.3 is 0 Å². The summed E-state index contributed by atoms with van der Waals surface area (Å²) < 4.78 is 27.1. The molecule has 0 bridgehead atoms. The van der Waals surface area contributed by atoms with Gasteiger partial charge in [-0.2, -0.15) is 0 Å². The molecule has 0 aromatic heterocycles. The third kappa shape index (κ3) is 6.55. The predicted octanol–water partition coefficient (Wildman–Crippen LogP) is 3.68. The highest BCUT2D eigenvalue weighted by molar-refractivity contribution is 5.94. The molecule has 6 rings (SSSR count). The summed E-state index contributed by atoms with van der Waals surface area (Å²) in [6, 6.07) is 11.1. The number of amides is 1. The van der Waals surface area contributed by atoms with Gasteiger partial charge in [0, 0.05) is 55.9 Å². The summed E-state index contributed by atoms with van der Waals surface area (Å²) in [4.78, 5) is 17.8. The van der Waals surface area contributed by atoms with Gasteiger partial charge in [-0.25, -0.2) is 4.39 Å². The number of quaternary nitrogens is 1. The monoisotopic (exact) mass is 551 g/mol. The van der Waals surface area contributed by atoms with Crippen molar-refractivity contribution in [2.75, 3.05) is 57.3 Å². The average Bonchev–Trinajstić information content (AvgIpc) is 3.51. The number of halogens is 1. The fraction of sp³-hybridized carbons (Fsp3) is 0.594. The molecule has 1 atom stereocenters. The molecule has 4 aliphatic rings. The normalized spacial score (nSPS) is 22.9. The topological polar surface area (TPSA) is 70.7 Å². The number of carbonyl (C=O) groups excluding carboxylic acids is 1. The van der Waals surface area contributed by atoms with Crippen molar-refractivity contribution in [1.82, 2.24) is 10.2 Å². The highest BCUT2D eigenvalue weighted by Gasteiger charge is 2.28. The number of piperazine rings is 1.